The summed E-state index contributed by atoms with van der Waals surface area (Å²) in [6.45, 7) is 1.21. The molecule has 0 aliphatic rings. The van der Waals surface area contributed by atoms with Crippen LogP contribution in [0.2, 0.25) is 5.02 Å². The highest BCUT2D eigenvalue weighted by Crippen LogP contribution is 2.37. The number of carbonyl (C=O) groups is 3. The number of para-hydroxylation sites is 1. The van der Waals surface area contributed by atoms with Gasteiger partial charge < -0.3 is 10.4 Å². The normalized spacial score (nSPS) is 11.5. The molecule has 0 unspecified atom stereocenters. The van der Waals surface area contributed by atoms with Crippen LogP contribution in [0.3, 0.4) is 0 Å². The second kappa shape index (κ2) is 8.88. The minimum Gasteiger partial charge on any atom is -0.478 e. The SMILES string of the molecule is CC(=O)Nc1cc(-c2nn(C(=O)c3c(Cl)cccc3C(F)(F)F)c3ccccc23)ccc1C(=O)O. The molecule has 2 N–H and O–H groups in total. The molecule has 1 amide bonds. The molecule has 0 bridgehead atoms. The van der Waals surface area contributed by atoms with Crippen molar-refractivity contribution in [1.29, 1.82) is 0 Å². The largest absolute Gasteiger partial charge is 0.478 e. The van der Waals surface area contributed by atoms with Crippen molar-refractivity contribution in [3.05, 3.63) is 82.4 Å². The van der Waals surface area contributed by atoms with E-state index in [0.29, 0.717) is 10.9 Å². The van der Waals surface area contributed by atoms with Crippen LogP contribution in [0.25, 0.3) is 22.2 Å². The number of alkyl halides is 3. The number of anilines is 1. The van der Waals surface area contributed by atoms with E-state index in [1.165, 1.54) is 37.3 Å². The average molecular weight is 502 g/mol. The van der Waals surface area contributed by atoms with Gasteiger partial charge in [0.1, 0.15) is 5.69 Å². The van der Waals surface area contributed by atoms with Gasteiger partial charge in [-0.3, -0.25) is 9.59 Å². The summed E-state index contributed by atoms with van der Waals surface area (Å²) in [4.78, 5) is 36.4. The fraction of sp³-hybridized carbons (Fsp3) is 0.0833. The van der Waals surface area contributed by atoms with Crippen LogP contribution in [0.5, 0.6) is 0 Å². The number of nitrogens with one attached hydrogen (secondary N) is 1. The molecule has 4 rings (SSSR count). The van der Waals surface area contributed by atoms with Crippen LogP contribution in [-0.4, -0.2) is 32.7 Å². The molecule has 1 aromatic heterocycles. The van der Waals surface area contributed by atoms with Gasteiger partial charge in [0.05, 0.1) is 32.9 Å². The number of halogens is 4. The Kier molecular flexibility index (Phi) is 6.08. The Hall–Kier alpha value is -4.18. The van der Waals surface area contributed by atoms with Gasteiger partial charge in [-0.25, -0.2) is 4.79 Å². The van der Waals surface area contributed by atoms with Crippen LogP contribution in [0.1, 0.15) is 33.2 Å². The van der Waals surface area contributed by atoms with Crippen molar-refractivity contribution in [3.63, 3.8) is 0 Å². The lowest BCUT2D eigenvalue weighted by atomic mass is 10.0. The maximum Gasteiger partial charge on any atom is 0.417 e. The molecule has 178 valence electrons. The minimum absolute atomic E-state index is 0.00193. The van der Waals surface area contributed by atoms with Gasteiger partial charge in [0.2, 0.25) is 5.91 Å². The number of amides is 1. The molecule has 35 heavy (non-hydrogen) atoms. The van der Waals surface area contributed by atoms with Crippen LogP contribution in [0.4, 0.5) is 18.9 Å². The van der Waals surface area contributed by atoms with Gasteiger partial charge in [-0.05, 0) is 30.3 Å². The van der Waals surface area contributed by atoms with Crippen molar-refractivity contribution in [2.24, 2.45) is 0 Å². The van der Waals surface area contributed by atoms with Crippen molar-refractivity contribution in [1.82, 2.24) is 9.78 Å². The minimum atomic E-state index is -4.83. The quantitative estimate of drug-likeness (QED) is 0.372. The summed E-state index contributed by atoms with van der Waals surface area (Å²) >= 11 is 6.01. The summed E-state index contributed by atoms with van der Waals surface area (Å²) in [6, 6.07) is 13.5. The number of aromatic carboxylic acids is 1. The lowest BCUT2D eigenvalue weighted by Gasteiger charge is -2.13. The molecule has 7 nitrogen and oxygen atoms in total. The maximum atomic E-state index is 13.6. The number of carboxylic acid groups (broad SMARTS) is 1. The lowest BCUT2D eigenvalue weighted by Crippen LogP contribution is -2.20. The highest BCUT2D eigenvalue weighted by Gasteiger charge is 2.37. The van der Waals surface area contributed by atoms with Crippen LogP contribution in [0, 0.1) is 0 Å². The number of nitrogens with zero attached hydrogens (tertiary/aromatic N) is 2. The second-order valence-corrected chi connectivity index (χ2v) is 7.90. The van der Waals surface area contributed by atoms with Gasteiger partial charge in [-0.1, -0.05) is 41.9 Å². The van der Waals surface area contributed by atoms with Gasteiger partial charge >= 0.3 is 12.1 Å². The summed E-state index contributed by atoms with van der Waals surface area (Å²) in [5.74, 6) is -2.87. The zero-order chi connectivity index (χ0) is 25.5. The number of fused-ring (bicyclic) bond motifs is 1. The standard InChI is InChI=1S/C24H15ClF3N3O4/c1-12(32)29-18-11-13(9-10-14(18)23(34)35)21-15-5-2-3-8-19(15)31(30-21)22(33)20-16(24(26,27)28)6-4-7-17(20)25/h2-11H,1H3,(H,29,32)(H,34,35). The molecular formula is C24H15ClF3N3O4. The molecule has 0 aliphatic heterocycles. The smallest absolute Gasteiger partial charge is 0.417 e. The Balaban J connectivity index is 1.93. The topological polar surface area (TPSA) is 101 Å². The van der Waals surface area contributed by atoms with E-state index in [2.05, 4.69) is 10.4 Å². The fourth-order valence-corrected chi connectivity index (χ4v) is 3.94. The summed E-state index contributed by atoms with van der Waals surface area (Å²) in [5, 5.41) is 16.2. The first kappa shape index (κ1) is 24.0. The summed E-state index contributed by atoms with van der Waals surface area (Å²) in [6.07, 6.45) is -4.83. The average Bonchev–Trinajstić information content (AvgIpc) is 3.17. The molecule has 1 heterocycles. The van der Waals surface area contributed by atoms with E-state index < -0.39 is 35.1 Å². The van der Waals surface area contributed by atoms with E-state index in [-0.39, 0.29) is 27.5 Å². The fourth-order valence-electron chi connectivity index (χ4n) is 3.69. The molecule has 0 spiro atoms. The molecule has 3 aromatic carbocycles. The van der Waals surface area contributed by atoms with Crippen LogP contribution in [-0.2, 0) is 11.0 Å². The molecule has 11 heteroatoms. The number of rotatable bonds is 4. The number of hydrogen-bond donors (Lipinski definition) is 2. The van der Waals surface area contributed by atoms with Crippen molar-refractivity contribution in [2.75, 3.05) is 5.32 Å². The van der Waals surface area contributed by atoms with E-state index in [1.807, 2.05) is 0 Å². The zero-order valence-corrected chi connectivity index (χ0v) is 18.6. The number of hydrogen-bond acceptors (Lipinski definition) is 4. The van der Waals surface area contributed by atoms with Gasteiger partial charge in [0.15, 0.2) is 0 Å². The number of carboxylic acids is 1. The molecule has 0 saturated carbocycles. The predicted molar refractivity (Wildman–Crippen MR) is 123 cm³/mol. The third kappa shape index (κ3) is 4.47. The summed E-state index contributed by atoms with van der Waals surface area (Å²) in [5.41, 5.74) is -1.39. The Morgan fingerprint density at radius 3 is 2.40 bits per heavy atom. The van der Waals surface area contributed by atoms with Crippen molar-refractivity contribution in [3.8, 4) is 11.3 Å². The first-order valence-electron chi connectivity index (χ1n) is 10.0. The van der Waals surface area contributed by atoms with Crippen molar-refractivity contribution < 1.29 is 32.7 Å². The molecule has 0 saturated heterocycles. The van der Waals surface area contributed by atoms with E-state index in [0.717, 1.165) is 16.8 Å². The molecule has 4 aromatic rings. The van der Waals surface area contributed by atoms with Crippen molar-refractivity contribution in [2.45, 2.75) is 13.1 Å². The molecule has 0 aliphatic carbocycles. The highest BCUT2D eigenvalue weighted by molar-refractivity contribution is 6.34. The summed E-state index contributed by atoms with van der Waals surface area (Å²) < 4.78 is 41.7. The first-order chi connectivity index (χ1) is 16.5. The van der Waals surface area contributed by atoms with E-state index >= 15 is 0 Å². The Bertz CT molecular complexity index is 1510. The van der Waals surface area contributed by atoms with E-state index in [4.69, 9.17) is 11.6 Å². The van der Waals surface area contributed by atoms with Crippen LogP contribution >= 0.6 is 11.6 Å². The lowest BCUT2D eigenvalue weighted by molar-refractivity contribution is -0.138. The third-order valence-electron chi connectivity index (χ3n) is 5.15. The molecule has 0 atom stereocenters. The highest BCUT2D eigenvalue weighted by atomic mass is 35.5. The van der Waals surface area contributed by atoms with Gasteiger partial charge in [0, 0.05) is 17.9 Å². The van der Waals surface area contributed by atoms with E-state index in [9.17, 15) is 32.7 Å². The number of aromatic nitrogens is 2. The molecule has 0 fully saturated rings. The van der Waals surface area contributed by atoms with Crippen molar-refractivity contribution >= 4 is 46.0 Å². The Morgan fingerprint density at radius 2 is 1.74 bits per heavy atom. The van der Waals surface area contributed by atoms with Gasteiger partial charge in [0.25, 0.3) is 5.91 Å². The first-order valence-corrected chi connectivity index (χ1v) is 10.4. The van der Waals surface area contributed by atoms with Crippen LogP contribution in [0.15, 0.2) is 60.7 Å². The Morgan fingerprint density at radius 1 is 1.03 bits per heavy atom. The van der Waals surface area contributed by atoms with Crippen LogP contribution < -0.4 is 5.32 Å². The zero-order valence-electron chi connectivity index (χ0n) is 17.9. The van der Waals surface area contributed by atoms with Gasteiger partial charge in [-0.15, -0.1) is 0 Å². The predicted octanol–water partition coefficient (Wildman–Crippen LogP) is 5.72. The Labute approximate surface area is 200 Å². The van der Waals surface area contributed by atoms with Gasteiger partial charge in [-0.2, -0.15) is 23.0 Å². The second-order valence-electron chi connectivity index (χ2n) is 7.49. The van der Waals surface area contributed by atoms with E-state index in [1.54, 1.807) is 18.2 Å². The third-order valence-corrected chi connectivity index (χ3v) is 5.46. The molecule has 0 radical (unpaired) electrons. The molecular weight excluding hydrogens is 487 g/mol. The summed E-state index contributed by atoms with van der Waals surface area (Å²) in [7, 11) is 0. The maximum absolute atomic E-state index is 13.6. The monoisotopic (exact) mass is 501 g/mol. The number of benzene rings is 3. The number of carbonyl (C=O) groups excluding carboxylic acids is 2.